The van der Waals surface area contributed by atoms with Gasteiger partial charge in [0.2, 0.25) is 10.0 Å². The number of benzene rings is 2. The zero-order valence-corrected chi connectivity index (χ0v) is 20.8. The van der Waals surface area contributed by atoms with E-state index in [0.717, 1.165) is 10.2 Å². The number of aromatic nitrogens is 2. The van der Waals surface area contributed by atoms with Crippen LogP contribution in [0.2, 0.25) is 0 Å². The maximum Gasteiger partial charge on any atom is 0.290 e. The minimum atomic E-state index is -3.97. The summed E-state index contributed by atoms with van der Waals surface area (Å²) in [6.45, 7) is 7.52. The molecule has 10 nitrogen and oxygen atoms in total. The van der Waals surface area contributed by atoms with Crippen molar-refractivity contribution in [3.63, 3.8) is 0 Å². The van der Waals surface area contributed by atoms with Gasteiger partial charge >= 0.3 is 0 Å². The summed E-state index contributed by atoms with van der Waals surface area (Å²) >= 11 is 0. The molecule has 0 aliphatic heterocycles. The number of aryl methyl sites for hydroxylation is 2. The first-order valence-electron chi connectivity index (χ1n) is 11.2. The number of rotatable bonds is 8. The summed E-state index contributed by atoms with van der Waals surface area (Å²) in [4.78, 5) is 38.3. The third kappa shape index (κ3) is 6.11. The van der Waals surface area contributed by atoms with Crippen LogP contribution in [0.25, 0.3) is 10.8 Å². The molecule has 1 heterocycles. The number of hydrogen-bond donors (Lipinski definition) is 3. The van der Waals surface area contributed by atoms with E-state index in [9.17, 15) is 22.8 Å². The topological polar surface area (TPSA) is 139 Å². The molecule has 0 saturated carbocycles. The Morgan fingerprint density at radius 2 is 1.63 bits per heavy atom. The molecule has 0 fully saturated rings. The van der Waals surface area contributed by atoms with E-state index in [0.29, 0.717) is 10.8 Å². The second-order valence-corrected chi connectivity index (χ2v) is 10.3. The first-order valence-corrected chi connectivity index (χ1v) is 12.7. The Morgan fingerprint density at radius 3 is 2.23 bits per heavy atom. The fourth-order valence-corrected chi connectivity index (χ4v) is 4.74. The highest BCUT2D eigenvalue weighted by molar-refractivity contribution is 7.89. The molecule has 0 radical (unpaired) electrons. The number of nitrogens with zero attached hydrogens (tertiary/aromatic N) is 2. The fraction of sp³-hybridized carbons (Fsp3) is 0.333. The van der Waals surface area contributed by atoms with Gasteiger partial charge in [0.1, 0.15) is 6.04 Å². The van der Waals surface area contributed by atoms with Crippen LogP contribution in [0.4, 0.5) is 0 Å². The van der Waals surface area contributed by atoms with Gasteiger partial charge in [-0.1, -0.05) is 49.7 Å². The monoisotopic (exact) mass is 499 g/mol. The lowest BCUT2D eigenvalue weighted by atomic mass is 10.0. The van der Waals surface area contributed by atoms with Crippen LogP contribution in [0.3, 0.4) is 0 Å². The number of carbonyl (C=O) groups is 2. The summed E-state index contributed by atoms with van der Waals surface area (Å²) in [7, 11) is -3.97. The van der Waals surface area contributed by atoms with E-state index >= 15 is 0 Å². The molecule has 1 atom stereocenters. The summed E-state index contributed by atoms with van der Waals surface area (Å²) in [5.41, 5.74) is 5.13. The average Bonchev–Trinajstić information content (AvgIpc) is 2.82. The third-order valence-corrected chi connectivity index (χ3v) is 6.82. The highest BCUT2D eigenvalue weighted by atomic mass is 32.2. The number of amides is 2. The van der Waals surface area contributed by atoms with Crippen molar-refractivity contribution < 1.29 is 18.0 Å². The molecule has 0 bridgehead atoms. The first kappa shape index (κ1) is 26.0. The maximum absolute atomic E-state index is 12.9. The normalized spacial score (nSPS) is 12.5. The van der Waals surface area contributed by atoms with Gasteiger partial charge in [-0.3, -0.25) is 25.2 Å². The van der Waals surface area contributed by atoms with Crippen molar-refractivity contribution in [2.75, 3.05) is 0 Å². The Kier molecular flexibility index (Phi) is 8.03. The van der Waals surface area contributed by atoms with Gasteiger partial charge in [0.15, 0.2) is 5.69 Å². The lowest BCUT2D eigenvalue weighted by Crippen LogP contribution is -2.52. The Labute approximate surface area is 203 Å². The minimum Gasteiger partial charge on any atom is -0.271 e. The van der Waals surface area contributed by atoms with Crippen LogP contribution in [0.5, 0.6) is 0 Å². The quantitative estimate of drug-likeness (QED) is 0.405. The van der Waals surface area contributed by atoms with Crippen molar-refractivity contribution in [2.24, 2.45) is 5.92 Å². The first-order chi connectivity index (χ1) is 16.5. The van der Waals surface area contributed by atoms with Crippen molar-refractivity contribution in [2.45, 2.75) is 51.6 Å². The molecule has 0 aliphatic carbocycles. The van der Waals surface area contributed by atoms with Gasteiger partial charge in [0, 0.05) is 11.9 Å². The van der Waals surface area contributed by atoms with E-state index in [2.05, 4.69) is 20.7 Å². The molecule has 0 unspecified atom stereocenters. The van der Waals surface area contributed by atoms with E-state index < -0.39 is 27.9 Å². The number of sulfonamides is 1. The molecule has 2 aromatic carbocycles. The number of carbonyl (C=O) groups excluding carboxylic acids is 2. The summed E-state index contributed by atoms with van der Waals surface area (Å²) in [5, 5.41) is 4.79. The molecule has 0 spiro atoms. The van der Waals surface area contributed by atoms with E-state index in [-0.39, 0.29) is 35.0 Å². The van der Waals surface area contributed by atoms with Gasteiger partial charge in [-0.2, -0.15) is 9.82 Å². The van der Waals surface area contributed by atoms with E-state index in [1.165, 1.54) is 12.1 Å². The predicted molar refractivity (Wildman–Crippen MR) is 132 cm³/mol. The number of hydrogen-bond acceptors (Lipinski definition) is 6. The van der Waals surface area contributed by atoms with Crippen LogP contribution in [0, 0.1) is 12.8 Å². The van der Waals surface area contributed by atoms with Gasteiger partial charge in [-0.05, 0) is 44.4 Å². The summed E-state index contributed by atoms with van der Waals surface area (Å²) in [6, 6.07) is 11.7. The largest absolute Gasteiger partial charge is 0.290 e. The SMILES string of the molecule is CCn1nc(C(=O)NNC(=O)[C@H](CC(C)C)NS(=O)(=O)c2ccc(C)cc2)c2ccccc2c1=O. The van der Waals surface area contributed by atoms with Crippen molar-refractivity contribution >= 4 is 32.6 Å². The number of hydrazine groups is 1. The summed E-state index contributed by atoms with van der Waals surface area (Å²) in [5.74, 6) is -1.47. The molecule has 186 valence electrons. The van der Waals surface area contributed by atoms with Crippen molar-refractivity contribution in [3.8, 4) is 0 Å². The zero-order valence-electron chi connectivity index (χ0n) is 20.0. The second-order valence-electron chi connectivity index (χ2n) is 8.57. The Hall–Kier alpha value is -3.57. The van der Waals surface area contributed by atoms with Crippen LogP contribution in [-0.4, -0.2) is 36.1 Å². The maximum atomic E-state index is 12.9. The highest BCUT2D eigenvalue weighted by Gasteiger charge is 2.27. The van der Waals surface area contributed by atoms with Crippen LogP contribution in [0.15, 0.2) is 58.2 Å². The molecule has 3 aromatic rings. The van der Waals surface area contributed by atoms with Crippen molar-refractivity contribution in [1.29, 1.82) is 0 Å². The Bertz CT molecular complexity index is 1400. The van der Waals surface area contributed by atoms with Gasteiger partial charge in [0.25, 0.3) is 17.4 Å². The number of nitrogens with one attached hydrogen (secondary N) is 3. The standard InChI is InChI=1S/C24H29N5O5S/c1-5-29-24(32)19-9-7-6-8-18(19)21(27-29)23(31)26-25-22(30)20(14-15(2)3)28-35(33,34)17-12-10-16(4)11-13-17/h6-13,15,20,28H,5,14H2,1-4H3,(H,25,30)(H,26,31)/t20-/m0/s1. The molecule has 0 aliphatic rings. The molecular formula is C24H29N5O5S. The van der Waals surface area contributed by atoms with Gasteiger partial charge in [-0.15, -0.1) is 0 Å². The molecular weight excluding hydrogens is 470 g/mol. The molecule has 3 rings (SSSR count). The van der Waals surface area contributed by atoms with Crippen molar-refractivity contribution in [3.05, 3.63) is 70.1 Å². The highest BCUT2D eigenvalue weighted by Crippen LogP contribution is 2.15. The predicted octanol–water partition coefficient (Wildman–Crippen LogP) is 1.88. The van der Waals surface area contributed by atoms with Gasteiger partial charge in [-0.25, -0.2) is 13.1 Å². The van der Waals surface area contributed by atoms with Crippen LogP contribution < -0.4 is 21.1 Å². The average molecular weight is 500 g/mol. The Morgan fingerprint density at radius 1 is 1.00 bits per heavy atom. The number of fused-ring (bicyclic) bond motifs is 1. The lowest BCUT2D eigenvalue weighted by Gasteiger charge is -2.20. The fourth-order valence-electron chi connectivity index (χ4n) is 3.53. The molecule has 35 heavy (non-hydrogen) atoms. The smallest absolute Gasteiger partial charge is 0.271 e. The minimum absolute atomic E-state index is 0.0131. The van der Waals surface area contributed by atoms with E-state index in [1.54, 1.807) is 43.3 Å². The van der Waals surface area contributed by atoms with Crippen LogP contribution in [-0.2, 0) is 21.4 Å². The van der Waals surface area contributed by atoms with Crippen molar-refractivity contribution in [1.82, 2.24) is 25.4 Å². The van der Waals surface area contributed by atoms with Crippen LogP contribution in [0.1, 0.15) is 43.2 Å². The molecule has 2 amide bonds. The molecule has 3 N–H and O–H groups in total. The molecule has 1 aromatic heterocycles. The second kappa shape index (κ2) is 10.8. The van der Waals surface area contributed by atoms with E-state index in [1.807, 2.05) is 20.8 Å². The third-order valence-electron chi connectivity index (χ3n) is 5.33. The van der Waals surface area contributed by atoms with E-state index in [4.69, 9.17) is 0 Å². The molecule has 11 heteroatoms. The van der Waals surface area contributed by atoms with Gasteiger partial charge in [0.05, 0.1) is 10.3 Å². The summed E-state index contributed by atoms with van der Waals surface area (Å²) in [6.07, 6.45) is 0.203. The van der Waals surface area contributed by atoms with Crippen LogP contribution >= 0.6 is 0 Å². The van der Waals surface area contributed by atoms with Gasteiger partial charge < -0.3 is 0 Å². The molecule has 0 saturated heterocycles. The summed E-state index contributed by atoms with van der Waals surface area (Å²) < 4.78 is 29.2. The lowest BCUT2D eigenvalue weighted by molar-refractivity contribution is -0.123. The zero-order chi connectivity index (χ0) is 25.8. The Balaban J connectivity index is 1.80.